The number of rotatable bonds is 8. The molecule has 0 radical (unpaired) electrons. The lowest BCUT2D eigenvalue weighted by Gasteiger charge is -2.19. The first kappa shape index (κ1) is 21.0. The fourth-order valence-corrected chi connectivity index (χ4v) is 0.946. The Labute approximate surface area is 135 Å². The summed E-state index contributed by atoms with van der Waals surface area (Å²) >= 11 is 0. The largest absolute Gasteiger partial charge is 0.232 e. The van der Waals surface area contributed by atoms with Gasteiger partial charge in [0, 0.05) is 0 Å². The lowest BCUT2D eigenvalue weighted by molar-refractivity contribution is -0.360. The van der Waals surface area contributed by atoms with Gasteiger partial charge in [0.1, 0.15) is 0 Å². The summed E-state index contributed by atoms with van der Waals surface area (Å²) in [6.07, 6.45) is 1.84. The van der Waals surface area contributed by atoms with E-state index in [2.05, 4.69) is 23.7 Å². The van der Waals surface area contributed by atoms with Gasteiger partial charge in [-0.1, -0.05) is 25.7 Å². The van der Waals surface area contributed by atoms with Crippen LogP contribution in [0, 0.1) is 23.7 Å². The van der Waals surface area contributed by atoms with E-state index >= 15 is 0 Å². The van der Waals surface area contributed by atoms with E-state index in [1.54, 1.807) is 0 Å². The van der Waals surface area contributed by atoms with Gasteiger partial charge in [0.2, 0.25) is 0 Å². The van der Waals surface area contributed by atoms with Crippen molar-refractivity contribution in [1.82, 2.24) is 0 Å². The van der Waals surface area contributed by atoms with Crippen LogP contribution in [0.2, 0.25) is 0 Å². The highest BCUT2D eigenvalue weighted by Crippen LogP contribution is 2.12. The smallest absolute Gasteiger partial charge is 0.159 e. The summed E-state index contributed by atoms with van der Waals surface area (Å²) in [7, 11) is 0. The molecule has 0 aliphatic heterocycles. The van der Waals surface area contributed by atoms with Gasteiger partial charge in [0.15, 0.2) is 11.2 Å². The van der Waals surface area contributed by atoms with Gasteiger partial charge in [-0.25, -0.2) is 19.6 Å². The van der Waals surface area contributed by atoms with Crippen molar-refractivity contribution in [1.29, 1.82) is 0 Å². The van der Waals surface area contributed by atoms with Crippen LogP contribution in [0.25, 0.3) is 0 Å². The monoisotopic (exact) mass is 310 g/mol. The maximum Gasteiger partial charge on any atom is 0.159 e. The first-order valence-electron chi connectivity index (χ1n) is 7.85. The van der Waals surface area contributed by atoms with Crippen LogP contribution >= 0.6 is 0 Å². The molecule has 126 valence electrons. The van der Waals surface area contributed by atoms with Crippen LogP contribution in [0.4, 0.5) is 0 Å². The molecule has 0 spiro atoms. The van der Waals surface area contributed by atoms with Crippen LogP contribution in [-0.2, 0) is 19.6 Å². The maximum absolute atomic E-state index is 5.31. The van der Waals surface area contributed by atoms with Gasteiger partial charge in [-0.2, -0.15) is 0 Å². The molecule has 0 saturated carbocycles. The van der Waals surface area contributed by atoms with Crippen LogP contribution in [0.15, 0.2) is 0 Å². The fraction of sp³-hybridized carbons (Fsp3) is 0.778. The molecule has 4 nitrogen and oxygen atoms in total. The Kier molecular flexibility index (Phi) is 9.41. The molecule has 0 aliphatic rings. The van der Waals surface area contributed by atoms with Gasteiger partial charge in [-0.05, 0) is 66.2 Å². The van der Waals surface area contributed by atoms with E-state index in [1.807, 2.05) is 55.4 Å². The van der Waals surface area contributed by atoms with Crippen molar-refractivity contribution in [3.63, 3.8) is 0 Å². The average molecular weight is 310 g/mol. The number of hydrogen-bond acceptors (Lipinski definition) is 4. The molecule has 0 heterocycles. The molecule has 2 atom stereocenters. The summed E-state index contributed by atoms with van der Waals surface area (Å²) in [6, 6.07) is 0. The van der Waals surface area contributed by atoms with Crippen LogP contribution < -0.4 is 0 Å². The normalized spacial score (nSPS) is 14.4. The minimum atomic E-state index is -0.712. The Morgan fingerprint density at radius 1 is 0.727 bits per heavy atom. The molecule has 0 bridgehead atoms. The zero-order valence-electron chi connectivity index (χ0n) is 15.2. The van der Waals surface area contributed by atoms with Gasteiger partial charge >= 0.3 is 0 Å². The summed E-state index contributed by atoms with van der Waals surface area (Å²) in [6.45, 7) is 15.3. The van der Waals surface area contributed by atoms with E-state index in [1.165, 1.54) is 0 Å². The second-order valence-electron chi connectivity index (χ2n) is 6.32. The molecule has 0 rings (SSSR count). The first-order chi connectivity index (χ1) is 10.1. The highest BCUT2D eigenvalue weighted by Gasteiger charge is 2.19. The summed E-state index contributed by atoms with van der Waals surface area (Å²) < 4.78 is 0. The third-order valence-corrected chi connectivity index (χ3v) is 2.78. The Morgan fingerprint density at radius 3 is 1.32 bits per heavy atom. The minimum absolute atomic E-state index is 0.0391. The van der Waals surface area contributed by atoms with E-state index in [9.17, 15) is 0 Å². The van der Waals surface area contributed by atoms with Crippen LogP contribution in [0.1, 0.15) is 68.2 Å². The molecular weight excluding hydrogens is 280 g/mol. The third kappa shape index (κ3) is 10.7. The van der Waals surface area contributed by atoms with Gasteiger partial charge in [-0.15, -0.1) is 0 Å². The molecule has 2 unspecified atom stereocenters. The van der Waals surface area contributed by atoms with E-state index in [0.29, 0.717) is 0 Å². The highest BCUT2D eigenvalue weighted by molar-refractivity contribution is 5.31. The minimum Gasteiger partial charge on any atom is -0.232 e. The molecule has 0 aliphatic carbocycles. The second kappa shape index (κ2) is 9.87. The summed E-state index contributed by atoms with van der Waals surface area (Å²) in [4.78, 5) is 21.1. The molecule has 0 aromatic rings. The van der Waals surface area contributed by atoms with Crippen molar-refractivity contribution in [2.45, 2.75) is 91.6 Å². The van der Waals surface area contributed by atoms with Crippen molar-refractivity contribution in [3.8, 4) is 23.7 Å². The lowest BCUT2D eigenvalue weighted by Crippen LogP contribution is -2.25. The zero-order chi connectivity index (χ0) is 17.2. The third-order valence-electron chi connectivity index (χ3n) is 2.78. The zero-order valence-corrected chi connectivity index (χ0v) is 15.2. The Morgan fingerprint density at radius 2 is 1.05 bits per heavy atom. The summed E-state index contributed by atoms with van der Waals surface area (Å²) in [5, 5.41) is 0. The van der Waals surface area contributed by atoms with E-state index in [0.717, 1.165) is 12.8 Å². The van der Waals surface area contributed by atoms with Crippen LogP contribution in [0.5, 0.6) is 0 Å². The molecule has 0 aromatic carbocycles. The molecule has 4 heteroatoms. The van der Waals surface area contributed by atoms with Crippen molar-refractivity contribution in [2.75, 3.05) is 0 Å². The van der Waals surface area contributed by atoms with Crippen molar-refractivity contribution >= 4 is 0 Å². The molecule has 0 N–H and O–H groups in total. The van der Waals surface area contributed by atoms with E-state index in [4.69, 9.17) is 19.6 Å². The van der Waals surface area contributed by atoms with Crippen LogP contribution in [0.3, 0.4) is 0 Å². The lowest BCUT2D eigenvalue weighted by atomic mass is 10.1. The predicted octanol–water partition coefficient (Wildman–Crippen LogP) is 4.04. The molecule has 0 aromatic heterocycles. The van der Waals surface area contributed by atoms with Crippen LogP contribution in [-0.4, -0.2) is 23.4 Å². The predicted molar refractivity (Wildman–Crippen MR) is 87.6 cm³/mol. The van der Waals surface area contributed by atoms with Crippen molar-refractivity contribution in [3.05, 3.63) is 0 Å². The molecule has 22 heavy (non-hydrogen) atoms. The highest BCUT2D eigenvalue weighted by atomic mass is 17.2. The van der Waals surface area contributed by atoms with E-state index < -0.39 is 11.2 Å². The van der Waals surface area contributed by atoms with Crippen molar-refractivity contribution < 1.29 is 19.6 Å². The molecule has 0 saturated heterocycles. The quantitative estimate of drug-likeness (QED) is 0.385. The van der Waals surface area contributed by atoms with E-state index in [-0.39, 0.29) is 12.2 Å². The Bertz CT molecular complexity index is 389. The standard InChI is InChI=1S/C18H30O4/c1-9-15(3)19-21-17(5,6)13-11-12-14-18(7,8)22-20-16(4)10-2/h15-16H,9-10H2,1-8H3. The van der Waals surface area contributed by atoms with Gasteiger partial charge < -0.3 is 0 Å². The van der Waals surface area contributed by atoms with Gasteiger partial charge in [0.05, 0.1) is 12.2 Å². The molecule has 0 fully saturated rings. The SMILES string of the molecule is CCC(C)OOC(C)(C)C#CC#CC(C)(C)OOC(C)CC. The summed E-state index contributed by atoms with van der Waals surface area (Å²) in [5.41, 5.74) is -1.42. The Hall–Kier alpha value is -1.04. The molecule has 0 amide bonds. The molecular formula is C18H30O4. The van der Waals surface area contributed by atoms with Crippen molar-refractivity contribution in [2.24, 2.45) is 0 Å². The topological polar surface area (TPSA) is 36.9 Å². The second-order valence-corrected chi connectivity index (χ2v) is 6.32. The summed E-state index contributed by atoms with van der Waals surface area (Å²) in [5.74, 6) is 11.4. The first-order valence-corrected chi connectivity index (χ1v) is 7.85. The number of hydrogen-bond donors (Lipinski definition) is 0. The fourth-order valence-electron chi connectivity index (χ4n) is 0.946. The maximum atomic E-state index is 5.31. The Balaban J connectivity index is 4.48. The van der Waals surface area contributed by atoms with Gasteiger partial charge in [0.25, 0.3) is 0 Å². The van der Waals surface area contributed by atoms with Gasteiger partial charge in [-0.3, -0.25) is 0 Å². The average Bonchev–Trinajstić information content (AvgIpc) is 2.47.